The number of hydrogen-bond donors (Lipinski definition) is 2. The summed E-state index contributed by atoms with van der Waals surface area (Å²) in [6.07, 6.45) is 5.13. The van der Waals surface area contributed by atoms with Crippen LogP contribution < -0.4 is 5.32 Å². The van der Waals surface area contributed by atoms with Crippen molar-refractivity contribution < 1.29 is 14.3 Å². The van der Waals surface area contributed by atoms with E-state index in [-0.39, 0.29) is 12.5 Å². The van der Waals surface area contributed by atoms with Gasteiger partial charge >= 0.3 is 0 Å². The van der Waals surface area contributed by atoms with Gasteiger partial charge in [-0.2, -0.15) is 0 Å². The van der Waals surface area contributed by atoms with E-state index >= 15 is 0 Å². The molecule has 1 aliphatic heterocycles. The molecule has 3 rings (SSSR count). The molecule has 1 saturated heterocycles. The molecular formula is C17H26N2O3. The molecule has 0 spiro atoms. The maximum Gasteiger partial charge on any atom is 0.255 e. The number of hydrogen-bond acceptors (Lipinski definition) is 4. The molecule has 2 fully saturated rings. The number of piperidine rings is 1. The first kappa shape index (κ1) is 15.6. The van der Waals surface area contributed by atoms with Crippen LogP contribution in [0.5, 0.6) is 0 Å². The van der Waals surface area contributed by atoms with E-state index < -0.39 is 5.60 Å². The fourth-order valence-corrected chi connectivity index (χ4v) is 3.36. The Bertz CT molecular complexity index is 524. The standard InChI is InChI=1S/C17H26N2O3/c1-13-6-7-15(22-13)10-18-12-17(21)8-3-9-19(16(17)20)11-14-4-2-5-14/h6-7,14,18,21H,2-5,8-12H2,1H3/t17-/m0/s1. The molecule has 1 aromatic heterocycles. The van der Waals surface area contributed by atoms with Crippen LogP contribution >= 0.6 is 0 Å². The minimum Gasteiger partial charge on any atom is -0.465 e. The number of aryl methyl sites for hydroxylation is 1. The Kier molecular flexibility index (Phi) is 4.54. The van der Waals surface area contributed by atoms with Gasteiger partial charge in [-0.25, -0.2) is 0 Å². The van der Waals surface area contributed by atoms with Gasteiger partial charge in [0.25, 0.3) is 5.91 Å². The van der Waals surface area contributed by atoms with Gasteiger partial charge in [-0.05, 0) is 50.7 Å². The summed E-state index contributed by atoms with van der Waals surface area (Å²) in [5, 5.41) is 13.9. The molecule has 1 saturated carbocycles. The quantitative estimate of drug-likeness (QED) is 0.841. The molecule has 2 aliphatic rings. The van der Waals surface area contributed by atoms with Crippen molar-refractivity contribution in [1.29, 1.82) is 0 Å². The zero-order chi connectivity index (χ0) is 15.6. The van der Waals surface area contributed by atoms with Crippen LogP contribution in [0.25, 0.3) is 0 Å². The van der Waals surface area contributed by atoms with Crippen molar-refractivity contribution in [2.45, 2.75) is 51.2 Å². The molecule has 0 radical (unpaired) electrons. The second-order valence-electron chi connectivity index (χ2n) is 6.80. The van der Waals surface area contributed by atoms with E-state index in [4.69, 9.17) is 4.42 Å². The first-order chi connectivity index (χ1) is 10.6. The highest BCUT2D eigenvalue weighted by Gasteiger charge is 2.42. The molecule has 0 unspecified atom stereocenters. The molecule has 22 heavy (non-hydrogen) atoms. The highest BCUT2D eigenvalue weighted by Crippen LogP contribution is 2.30. The molecule has 0 aromatic carbocycles. The Balaban J connectivity index is 1.52. The van der Waals surface area contributed by atoms with Gasteiger partial charge in [-0.1, -0.05) is 6.42 Å². The number of aliphatic hydroxyl groups is 1. The summed E-state index contributed by atoms with van der Waals surface area (Å²) < 4.78 is 5.49. The van der Waals surface area contributed by atoms with E-state index in [1.807, 2.05) is 24.0 Å². The summed E-state index contributed by atoms with van der Waals surface area (Å²) in [5.74, 6) is 2.24. The predicted octanol–water partition coefficient (Wildman–Crippen LogP) is 1.83. The van der Waals surface area contributed by atoms with E-state index in [1.54, 1.807) is 0 Å². The molecule has 2 N–H and O–H groups in total. The molecule has 5 heteroatoms. The predicted molar refractivity (Wildman–Crippen MR) is 83.3 cm³/mol. The summed E-state index contributed by atoms with van der Waals surface area (Å²) in [5.41, 5.74) is -1.26. The van der Waals surface area contributed by atoms with Crippen molar-refractivity contribution in [3.63, 3.8) is 0 Å². The third kappa shape index (κ3) is 3.36. The van der Waals surface area contributed by atoms with Crippen molar-refractivity contribution in [1.82, 2.24) is 10.2 Å². The van der Waals surface area contributed by atoms with E-state index in [1.165, 1.54) is 19.3 Å². The van der Waals surface area contributed by atoms with Crippen LogP contribution in [-0.4, -0.2) is 41.1 Å². The average Bonchev–Trinajstić information content (AvgIpc) is 2.84. The summed E-state index contributed by atoms with van der Waals surface area (Å²) >= 11 is 0. The Morgan fingerprint density at radius 1 is 1.41 bits per heavy atom. The molecule has 5 nitrogen and oxygen atoms in total. The van der Waals surface area contributed by atoms with Gasteiger partial charge in [0.1, 0.15) is 11.5 Å². The summed E-state index contributed by atoms with van der Waals surface area (Å²) in [4.78, 5) is 14.4. The van der Waals surface area contributed by atoms with Crippen molar-refractivity contribution in [3.05, 3.63) is 23.7 Å². The Morgan fingerprint density at radius 3 is 2.86 bits per heavy atom. The van der Waals surface area contributed by atoms with Crippen molar-refractivity contribution in [3.8, 4) is 0 Å². The van der Waals surface area contributed by atoms with Crippen LogP contribution in [0.15, 0.2) is 16.5 Å². The number of likely N-dealkylation sites (tertiary alicyclic amines) is 1. The Hall–Kier alpha value is -1.33. The average molecular weight is 306 g/mol. The van der Waals surface area contributed by atoms with Gasteiger partial charge in [0.15, 0.2) is 5.60 Å². The van der Waals surface area contributed by atoms with Gasteiger partial charge in [-0.15, -0.1) is 0 Å². The van der Waals surface area contributed by atoms with Crippen LogP contribution in [0.4, 0.5) is 0 Å². The minimum atomic E-state index is -1.26. The lowest BCUT2D eigenvalue weighted by Crippen LogP contribution is -2.58. The van der Waals surface area contributed by atoms with Crippen LogP contribution in [0.1, 0.15) is 43.6 Å². The first-order valence-electron chi connectivity index (χ1n) is 8.35. The summed E-state index contributed by atoms with van der Waals surface area (Å²) in [7, 11) is 0. The SMILES string of the molecule is Cc1ccc(CNC[C@@]2(O)CCCN(CC3CCC3)C2=O)o1. The Labute approximate surface area is 131 Å². The molecule has 0 bridgehead atoms. The summed E-state index contributed by atoms with van der Waals surface area (Å²) in [6.45, 7) is 4.33. The third-order valence-corrected chi connectivity index (χ3v) is 4.92. The molecule has 1 amide bonds. The highest BCUT2D eigenvalue weighted by atomic mass is 16.3. The van der Waals surface area contributed by atoms with Gasteiger partial charge in [0, 0.05) is 19.6 Å². The van der Waals surface area contributed by atoms with Gasteiger partial charge in [-0.3, -0.25) is 4.79 Å². The normalized spacial score (nSPS) is 26.3. The second-order valence-corrected chi connectivity index (χ2v) is 6.80. The van der Waals surface area contributed by atoms with Crippen LogP contribution in [0.3, 0.4) is 0 Å². The van der Waals surface area contributed by atoms with E-state index in [9.17, 15) is 9.90 Å². The molecule has 122 valence electrons. The maximum atomic E-state index is 12.6. The fraction of sp³-hybridized carbons (Fsp3) is 0.706. The zero-order valence-electron chi connectivity index (χ0n) is 13.3. The minimum absolute atomic E-state index is 0.103. The fourth-order valence-electron chi connectivity index (χ4n) is 3.36. The molecule has 1 atom stereocenters. The number of furan rings is 1. The first-order valence-corrected chi connectivity index (χ1v) is 8.35. The smallest absolute Gasteiger partial charge is 0.255 e. The lowest BCUT2D eigenvalue weighted by molar-refractivity contribution is -0.157. The third-order valence-electron chi connectivity index (χ3n) is 4.92. The lowest BCUT2D eigenvalue weighted by atomic mass is 9.83. The van der Waals surface area contributed by atoms with Crippen molar-refractivity contribution >= 4 is 5.91 Å². The van der Waals surface area contributed by atoms with E-state index in [0.717, 1.165) is 31.0 Å². The van der Waals surface area contributed by atoms with Crippen molar-refractivity contribution in [2.24, 2.45) is 5.92 Å². The Morgan fingerprint density at radius 2 is 2.23 bits per heavy atom. The summed E-state index contributed by atoms with van der Waals surface area (Å²) in [6, 6.07) is 3.83. The molecule has 1 aromatic rings. The van der Waals surface area contributed by atoms with Gasteiger partial charge in [0.2, 0.25) is 0 Å². The van der Waals surface area contributed by atoms with Crippen LogP contribution in [0, 0.1) is 12.8 Å². The maximum absolute atomic E-state index is 12.6. The van der Waals surface area contributed by atoms with Crippen LogP contribution in [-0.2, 0) is 11.3 Å². The topological polar surface area (TPSA) is 65.7 Å². The van der Waals surface area contributed by atoms with Crippen molar-refractivity contribution in [2.75, 3.05) is 19.6 Å². The van der Waals surface area contributed by atoms with Gasteiger partial charge < -0.3 is 19.7 Å². The van der Waals surface area contributed by atoms with E-state index in [2.05, 4.69) is 5.32 Å². The van der Waals surface area contributed by atoms with Gasteiger partial charge in [0.05, 0.1) is 6.54 Å². The highest BCUT2D eigenvalue weighted by molar-refractivity contribution is 5.86. The monoisotopic (exact) mass is 306 g/mol. The molecule has 2 heterocycles. The number of amides is 1. The number of carbonyl (C=O) groups is 1. The number of rotatable bonds is 6. The largest absolute Gasteiger partial charge is 0.465 e. The van der Waals surface area contributed by atoms with E-state index in [0.29, 0.717) is 18.9 Å². The zero-order valence-corrected chi connectivity index (χ0v) is 13.3. The molecular weight excluding hydrogens is 280 g/mol. The number of nitrogens with one attached hydrogen (secondary N) is 1. The van der Waals surface area contributed by atoms with Crippen LogP contribution in [0.2, 0.25) is 0 Å². The second kappa shape index (κ2) is 6.42. The number of nitrogens with zero attached hydrogens (tertiary/aromatic N) is 1. The molecule has 1 aliphatic carbocycles. The lowest BCUT2D eigenvalue weighted by Gasteiger charge is -2.41. The number of carbonyl (C=O) groups excluding carboxylic acids is 1.